The molecule has 156 valence electrons. The number of aromatic nitrogens is 2. The summed E-state index contributed by atoms with van der Waals surface area (Å²) in [5, 5.41) is 2.30. The quantitative estimate of drug-likeness (QED) is 0.206. The third-order valence-electron chi connectivity index (χ3n) is 5.53. The molecule has 0 atom stereocenters. The molecule has 0 aliphatic heterocycles. The Balaban J connectivity index is 0.00000216. The van der Waals surface area contributed by atoms with Crippen LogP contribution < -0.4 is 0 Å². The monoisotopic (exact) mass is 588 g/mol. The third kappa shape index (κ3) is 3.47. The van der Waals surface area contributed by atoms with Crippen molar-refractivity contribution in [2.75, 3.05) is 0 Å². The zero-order chi connectivity index (χ0) is 20.6. The Labute approximate surface area is 201 Å². The maximum atomic E-state index is 5.07. The van der Waals surface area contributed by atoms with Gasteiger partial charge in [0.05, 0.1) is 5.52 Å². The summed E-state index contributed by atoms with van der Waals surface area (Å²) in [5.41, 5.74) is 6.92. The van der Waals surface area contributed by atoms with Gasteiger partial charge >= 0.3 is 0 Å². The molecule has 0 radical (unpaired) electrons. The van der Waals surface area contributed by atoms with Gasteiger partial charge in [-0.05, 0) is 17.4 Å². The van der Waals surface area contributed by atoms with Crippen molar-refractivity contribution in [3.63, 3.8) is 0 Å². The molecule has 0 unspecified atom stereocenters. The minimum absolute atomic E-state index is 0. The first-order valence-electron chi connectivity index (χ1n) is 10.3. The summed E-state index contributed by atoms with van der Waals surface area (Å²) in [6.07, 6.45) is 0. The van der Waals surface area contributed by atoms with Crippen molar-refractivity contribution in [3.05, 3.63) is 121 Å². The molecule has 3 heteroatoms. The van der Waals surface area contributed by atoms with Crippen molar-refractivity contribution in [2.45, 2.75) is 0 Å². The molecule has 0 amide bonds. The van der Waals surface area contributed by atoms with Crippen LogP contribution in [0, 0.1) is 18.2 Å². The molecule has 4 aromatic carbocycles. The van der Waals surface area contributed by atoms with E-state index in [0.717, 1.165) is 44.6 Å². The van der Waals surface area contributed by atoms with Gasteiger partial charge in [0.2, 0.25) is 0 Å². The second-order valence-corrected chi connectivity index (χ2v) is 7.42. The van der Waals surface area contributed by atoms with Gasteiger partial charge in [-0.1, -0.05) is 30.3 Å². The van der Waals surface area contributed by atoms with E-state index in [1.807, 2.05) is 42.5 Å². The van der Waals surface area contributed by atoms with Gasteiger partial charge in [0.1, 0.15) is 5.65 Å². The van der Waals surface area contributed by atoms with E-state index in [-0.39, 0.29) is 21.1 Å². The summed E-state index contributed by atoms with van der Waals surface area (Å²) < 4.78 is 2.20. The fourth-order valence-electron chi connectivity index (χ4n) is 4.09. The molecule has 2 heterocycles. The van der Waals surface area contributed by atoms with E-state index in [9.17, 15) is 0 Å². The summed E-state index contributed by atoms with van der Waals surface area (Å²) in [6.45, 7) is 0. The van der Waals surface area contributed by atoms with Gasteiger partial charge in [0.25, 0.3) is 0 Å². The Morgan fingerprint density at radius 2 is 1.31 bits per heavy atom. The van der Waals surface area contributed by atoms with E-state index in [1.54, 1.807) is 0 Å². The normalized spacial score (nSPS) is 10.9. The standard InChI is InChI=1S/C29H17N2.Pt/c1-3-10-21(11-4-1)23-14-9-15-24(20-23)31-28-17-8-7-16-25(28)26-18-19-27(30-29(26)31)22-12-5-2-6-13-22;/h1-10,12,14-19H;/q-3;. The van der Waals surface area contributed by atoms with Crippen LogP contribution in [-0.4, -0.2) is 9.55 Å². The van der Waals surface area contributed by atoms with E-state index in [0.29, 0.717) is 0 Å². The van der Waals surface area contributed by atoms with Crippen LogP contribution in [0.15, 0.2) is 103 Å². The molecule has 6 rings (SSSR count). The number of hydrogen-bond acceptors (Lipinski definition) is 1. The number of hydrogen-bond donors (Lipinski definition) is 0. The smallest absolute Gasteiger partial charge is 0.135 e. The van der Waals surface area contributed by atoms with Crippen LogP contribution in [0.3, 0.4) is 0 Å². The first kappa shape index (κ1) is 20.4. The van der Waals surface area contributed by atoms with Gasteiger partial charge in [-0.25, -0.2) is 11.1 Å². The molecule has 0 bridgehead atoms. The largest absolute Gasteiger partial charge is 0.313 e. The van der Waals surface area contributed by atoms with Crippen LogP contribution in [0.2, 0.25) is 0 Å². The Hall–Kier alpha value is -3.48. The number of nitrogens with zero attached hydrogens (tertiary/aromatic N) is 2. The maximum absolute atomic E-state index is 5.07. The van der Waals surface area contributed by atoms with Crippen LogP contribution >= 0.6 is 0 Å². The van der Waals surface area contributed by atoms with Crippen molar-refractivity contribution in [1.29, 1.82) is 0 Å². The van der Waals surface area contributed by atoms with Gasteiger partial charge in [0.15, 0.2) is 0 Å². The van der Waals surface area contributed by atoms with Crippen LogP contribution in [0.5, 0.6) is 0 Å². The average Bonchev–Trinajstić information content (AvgIpc) is 3.19. The molecule has 6 aromatic rings. The zero-order valence-corrected chi connectivity index (χ0v) is 19.3. The number of pyridine rings is 1. The first-order chi connectivity index (χ1) is 15.4. The Bertz CT molecular complexity index is 1520. The van der Waals surface area contributed by atoms with E-state index >= 15 is 0 Å². The molecule has 0 aliphatic rings. The summed E-state index contributed by atoms with van der Waals surface area (Å²) in [7, 11) is 0. The Kier molecular flexibility index (Phi) is 5.47. The summed E-state index contributed by atoms with van der Waals surface area (Å²) in [6, 6.07) is 45.0. The molecule has 0 saturated heterocycles. The molecule has 0 N–H and O–H groups in total. The molecule has 0 aliphatic carbocycles. The molecule has 2 aromatic heterocycles. The van der Waals surface area contributed by atoms with Gasteiger partial charge in [-0.2, -0.15) is 42.5 Å². The molecule has 0 saturated carbocycles. The molecule has 32 heavy (non-hydrogen) atoms. The van der Waals surface area contributed by atoms with Gasteiger partial charge in [-0.3, -0.25) is 4.98 Å². The van der Waals surface area contributed by atoms with Crippen molar-refractivity contribution < 1.29 is 21.1 Å². The van der Waals surface area contributed by atoms with Gasteiger partial charge in [0, 0.05) is 31.8 Å². The first-order valence-corrected chi connectivity index (χ1v) is 10.3. The minimum Gasteiger partial charge on any atom is -0.313 e. The SMILES string of the molecule is [Pt].[c-]1ccccc1-c1[c-]c(-n2c3ccccc3c3ccc(-c4[c-]cccc4)nc32)ccc1. The molecule has 2 nitrogen and oxygen atoms in total. The topological polar surface area (TPSA) is 17.8 Å². The Morgan fingerprint density at radius 1 is 0.594 bits per heavy atom. The van der Waals surface area contributed by atoms with Crippen LogP contribution in [0.1, 0.15) is 0 Å². The molecular formula is C29H17N2Pt-3. The number of para-hydroxylation sites is 1. The third-order valence-corrected chi connectivity index (χ3v) is 5.53. The second kappa shape index (κ2) is 8.57. The summed E-state index contributed by atoms with van der Waals surface area (Å²) in [5.74, 6) is 0. The molecular weight excluding hydrogens is 571 g/mol. The van der Waals surface area contributed by atoms with E-state index in [4.69, 9.17) is 4.98 Å². The van der Waals surface area contributed by atoms with Gasteiger partial charge < -0.3 is 4.57 Å². The molecule has 0 spiro atoms. The minimum atomic E-state index is 0. The van der Waals surface area contributed by atoms with Crippen LogP contribution in [0.4, 0.5) is 0 Å². The number of benzene rings is 4. The summed E-state index contributed by atoms with van der Waals surface area (Å²) >= 11 is 0. The predicted molar refractivity (Wildman–Crippen MR) is 126 cm³/mol. The van der Waals surface area contributed by atoms with E-state index in [2.05, 4.69) is 83.4 Å². The van der Waals surface area contributed by atoms with Crippen LogP contribution in [0.25, 0.3) is 50.0 Å². The van der Waals surface area contributed by atoms with Crippen molar-refractivity contribution in [3.8, 4) is 28.1 Å². The number of rotatable bonds is 3. The van der Waals surface area contributed by atoms with E-state index < -0.39 is 0 Å². The maximum Gasteiger partial charge on any atom is 0.135 e. The van der Waals surface area contributed by atoms with Crippen molar-refractivity contribution >= 4 is 21.9 Å². The van der Waals surface area contributed by atoms with Gasteiger partial charge in [-0.15, -0.1) is 48.0 Å². The fourth-order valence-corrected chi connectivity index (χ4v) is 4.09. The number of fused-ring (bicyclic) bond motifs is 3. The zero-order valence-electron chi connectivity index (χ0n) is 17.0. The molecule has 0 fully saturated rings. The average molecular weight is 589 g/mol. The predicted octanol–water partition coefficient (Wildman–Crippen LogP) is 6.91. The van der Waals surface area contributed by atoms with E-state index in [1.165, 1.54) is 5.39 Å². The second-order valence-electron chi connectivity index (χ2n) is 7.42. The van der Waals surface area contributed by atoms with Crippen molar-refractivity contribution in [1.82, 2.24) is 9.55 Å². The Morgan fingerprint density at radius 3 is 2.09 bits per heavy atom. The fraction of sp³-hybridized carbons (Fsp3) is 0. The summed E-state index contributed by atoms with van der Waals surface area (Å²) in [4.78, 5) is 5.07. The van der Waals surface area contributed by atoms with Crippen LogP contribution in [-0.2, 0) is 21.1 Å². The van der Waals surface area contributed by atoms with Crippen molar-refractivity contribution in [2.24, 2.45) is 0 Å².